The molecular weight excluding hydrogens is 290 g/mol. The smallest absolute Gasteiger partial charge is 0.179 e. The topological polar surface area (TPSA) is 63.2 Å². The Bertz CT molecular complexity index is 688. The Morgan fingerprint density at radius 3 is 2.96 bits per heavy atom. The molecule has 1 aromatic carbocycles. The first-order valence-electron chi connectivity index (χ1n) is 7.84. The van der Waals surface area contributed by atoms with E-state index in [-0.39, 0.29) is 17.9 Å². The summed E-state index contributed by atoms with van der Waals surface area (Å²) in [6.45, 7) is 5.29. The number of ketones is 1. The van der Waals surface area contributed by atoms with Gasteiger partial charge in [0.05, 0.1) is 18.3 Å². The first kappa shape index (κ1) is 15.5. The van der Waals surface area contributed by atoms with Crippen LogP contribution >= 0.6 is 0 Å². The third-order valence-electron chi connectivity index (χ3n) is 3.93. The van der Waals surface area contributed by atoms with Crippen molar-refractivity contribution in [3.63, 3.8) is 0 Å². The summed E-state index contributed by atoms with van der Waals surface area (Å²) in [5, 5.41) is 6.56. The quantitative estimate of drug-likeness (QED) is 0.831. The fraction of sp³-hybridized carbons (Fsp3) is 0.333. The number of nitrogens with one attached hydrogen (secondary N) is 2. The lowest BCUT2D eigenvalue weighted by Gasteiger charge is -2.25. The summed E-state index contributed by atoms with van der Waals surface area (Å²) < 4.78 is 5.74. The molecule has 2 heterocycles. The number of rotatable bonds is 5. The van der Waals surface area contributed by atoms with Crippen LogP contribution in [0.4, 0.5) is 5.69 Å². The van der Waals surface area contributed by atoms with Gasteiger partial charge < -0.3 is 15.4 Å². The van der Waals surface area contributed by atoms with Crippen LogP contribution in [0.25, 0.3) is 0 Å². The van der Waals surface area contributed by atoms with Gasteiger partial charge in [0.1, 0.15) is 11.9 Å². The highest BCUT2D eigenvalue weighted by atomic mass is 16.5. The van der Waals surface area contributed by atoms with E-state index in [1.807, 2.05) is 44.2 Å². The summed E-state index contributed by atoms with van der Waals surface area (Å²) in [6, 6.07) is 9.17. The summed E-state index contributed by atoms with van der Waals surface area (Å²) in [6.07, 6.45) is 3.64. The fourth-order valence-electron chi connectivity index (χ4n) is 2.55. The second-order valence-electron chi connectivity index (χ2n) is 5.84. The first-order chi connectivity index (χ1) is 11.1. The van der Waals surface area contributed by atoms with E-state index in [0.717, 1.165) is 23.5 Å². The van der Waals surface area contributed by atoms with E-state index in [1.165, 1.54) is 0 Å². The van der Waals surface area contributed by atoms with Gasteiger partial charge in [0.25, 0.3) is 0 Å². The number of ether oxygens (including phenoxy) is 1. The molecule has 2 atom stereocenters. The Kier molecular flexibility index (Phi) is 4.57. The molecule has 5 heteroatoms. The molecule has 1 aliphatic heterocycles. The molecular formula is C18H21N3O2. The molecule has 2 N–H and O–H groups in total. The number of hydrogen-bond acceptors (Lipinski definition) is 5. The van der Waals surface area contributed by atoms with Crippen LogP contribution in [0.15, 0.2) is 42.7 Å². The van der Waals surface area contributed by atoms with Gasteiger partial charge in [0.2, 0.25) is 0 Å². The fourth-order valence-corrected chi connectivity index (χ4v) is 2.55. The summed E-state index contributed by atoms with van der Waals surface area (Å²) in [4.78, 5) is 16.6. The average Bonchev–Trinajstić information content (AvgIpc) is 2.59. The SMILES string of the molecule is CC1CNc2cc(C(=O)C(C)NCc3ccncc3)ccc2O1. The van der Waals surface area contributed by atoms with E-state index in [2.05, 4.69) is 15.6 Å². The van der Waals surface area contributed by atoms with Crippen LogP contribution in [-0.4, -0.2) is 29.5 Å². The van der Waals surface area contributed by atoms with Gasteiger partial charge >= 0.3 is 0 Å². The molecule has 0 bridgehead atoms. The lowest BCUT2D eigenvalue weighted by Crippen LogP contribution is -2.34. The lowest BCUT2D eigenvalue weighted by molar-refractivity contribution is 0.0950. The lowest BCUT2D eigenvalue weighted by atomic mass is 10.0. The monoisotopic (exact) mass is 311 g/mol. The van der Waals surface area contributed by atoms with Gasteiger partial charge in [-0.2, -0.15) is 0 Å². The molecule has 2 unspecified atom stereocenters. The minimum atomic E-state index is -0.260. The summed E-state index contributed by atoms with van der Waals surface area (Å²) in [7, 11) is 0. The van der Waals surface area contributed by atoms with Crippen LogP contribution in [0.1, 0.15) is 29.8 Å². The zero-order valence-electron chi connectivity index (χ0n) is 13.4. The molecule has 1 aliphatic rings. The standard InChI is InChI=1S/C18H21N3O2/c1-12-10-21-16-9-15(3-4-17(16)23-12)18(22)13(2)20-11-14-5-7-19-8-6-14/h3-9,12-13,20-21H,10-11H2,1-2H3. The third-order valence-corrected chi connectivity index (χ3v) is 3.93. The third kappa shape index (κ3) is 3.68. The predicted octanol–water partition coefficient (Wildman–Crippen LogP) is 2.64. The zero-order chi connectivity index (χ0) is 16.2. The Hall–Kier alpha value is -2.40. The minimum Gasteiger partial charge on any atom is -0.487 e. The van der Waals surface area contributed by atoms with Gasteiger partial charge in [0, 0.05) is 24.5 Å². The maximum atomic E-state index is 12.6. The maximum absolute atomic E-state index is 12.6. The van der Waals surface area contributed by atoms with Crippen molar-refractivity contribution in [1.82, 2.24) is 10.3 Å². The van der Waals surface area contributed by atoms with Crippen molar-refractivity contribution in [2.75, 3.05) is 11.9 Å². The van der Waals surface area contributed by atoms with Crippen molar-refractivity contribution in [3.05, 3.63) is 53.9 Å². The van der Waals surface area contributed by atoms with Gasteiger partial charge in [-0.3, -0.25) is 9.78 Å². The molecule has 23 heavy (non-hydrogen) atoms. The molecule has 0 spiro atoms. The van der Waals surface area contributed by atoms with Crippen LogP contribution in [0.5, 0.6) is 5.75 Å². The van der Waals surface area contributed by atoms with Crippen molar-refractivity contribution < 1.29 is 9.53 Å². The molecule has 0 saturated heterocycles. The van der Waals surface area contributed by atoms with Gasteiger partial charge in [-0.1, -0.05) is 0 Å². The average molecular weight is 311 g/mol. The van der Waals surface area contributed by atoms with Crippen molar-refractivity contribution in [1.29, 1.82) is 0 Å². The number of aromatic nitrogens is 1. The molecule has 1 aromatic heterocycles. The summed E-state index contributed by atoms with van der Waals surface area (Å²) >= 11 is 0. The number of benzene rings is 1. The van der Waals surface area contributed by atoms with E-state index >= 15 is 0 Å². The van der Waals surface area contributed by atoms with Crippen molar-refractivity contribution in [3.8, 4) is 5.75 Å². The highest BCUT2D eigenvalue weighted by Crippen LogP contribution is 2.30. The highest BCUT2D eigenvalue weighted by molar-refractivity contribution is 6.01. The number of carbonyl (C=O) groups excluding carboxylic acids is 1. The Morgan fingerprint density at radius 2 is 2.17 bits per heavy atom. The molecule has 2 aromatic rings. The number of nitrogens with zero attached hydrogens (tertiary/aromatic N) is 1. The summed E-state index contributed by atoms with van der Waals surface area (Å²) in [5.74, 6) is 0.875. The normalized spacial score (nSPS) is 17.6. The second-order valence-corrected chi connectivity index (χ2v) is 5.84. The number of anilines is 1. The van der Waals surface area contributed by atoms with E-state index in [4.69, 9.17) is 4.74 Å². The van der Waals surface area contributed by atoms with Crippen molar-refractivity contribution >= 4 is 11.5 Å². The Morgan fingerprint density at radius 1 is 1.39 bits per heavy atom. The molecule has 5 nitrogen and oxygen atoms in total. The van der Waals surface area contributed by atoms with Crippen LogP contribution < -0.4 is 15.4 Å². The molecule has 0 fully saturated rings. The first-order valence-corrected chi connectivity index (χ1v) is 7.84. The minimum absolute atomic E-state index is 0.0716. The van der Waals surface area contributed by atoms with Crippen LogP contribution in [-0.2, 0) is 6.54 Å². The maximum Gasteiger partial charge on any atom is 0.179 e. The van der Waals surface area contributed by atoms with Crippen LogP contribution in [0, 0.1) is 0 Å². The molecule has 0 radical (unpaired) electrons. The van der Waals surface area contributed by atoms with Crippen molar-refractivity contribution in [2.24, 2.45) is 0 Å². The molecule has 120 valence electrons. The molecule has 0 amide bonds. The predicted molar refractivity (Wildman–Crippen MR) is 89.9 cm³/mol. The van der Waals surface area contributed by atoms with Crippen LogP contribution in [0.2, 0.25) is 0 Å². The van der Waals surface area contributed by atoms with E-state index < -0.39 is 0 Å². The molecule has 0 saturated carbocycles. The van der Waals surface area contributed by atoms with E-state index in [0.29, 0.717) is 12.1 Å². The second kappa shape index (κ2) is 6.79. The van der Waals surface area contributed by atoms with Gasteiger partial charge in [-0.25, -0.2) is 0 Å². The molecule has 0 aliphatic carbocycles. The van der Waals surface area contributed by atoms with Gasteiger partial charge in [0.15, 0.2) is 5.78 Å². The number of pyridine rings is 1. The number of fused-ring (bicyclic) bond motifs is 1. The van der Waals surface area contributed by atoms with E-state index in [1.54, 1.807) is 12.4 Å². The van der Waals surface area contributed by atoms with Crippen molar-refractivity contribution in [2.45, 2.75) is 32.5 Å². The largest absolute Gasteiger partial charge is 0.487 e. The zero-order valence-corrected chi connectivity index (χ0v) is 13.4. The Balaban J connectivity index is 1.65. The number of carbonyl (C=O) groups is 1. The molecule has 3 rings (SSSR count). The highest BCUT2D eigenvalue weighted by Gasteiger charge is 2.20. The summed E-state index contributed by atoms with van der Waals surface area (Å²) in [5.41, 5.74) is 2.67. The Labute approximate surface area is 136 Å². The van der Waals surface area contributed by atoms with Gasteiger partial charge in [-0.05, 0) is 49.7 Å². The number of hydrogen-bond donors (Lipinski definition) is 2. The van der Waals surface area contributed by atoms with Gasteiger partial charge in [-0.15, -0.1) is 0 Å². The van der Waals surface area contributed by atoms with Crippen LogP contribution in [0.3, 0.4) is 0 Å². The van der Waals surface area contributed by atoms with E-state index in [9.17, 15) is 4.79 Å². The number of Topliss-reactive ketones (excluding diaryl/α,β-unsaturated/α-hetero) is 1.